The van der Waals surface area contributed by atoms with Crippen LogP contribution in [0.5, 0.6) is 0 Å². The molecule has 102 valence electrons. The monoisotopic (exact) mass is 251 g/mol. The Morgan fingerprint density at radius 3 is 2.17 bits per heavy atom. The molecule has 0 atom stereocenters. The molecule has 18 heavy (non-hydrogen) atoms. The fourth-order valence-corrected chi connectivity index (χ4v) is 1.43. The van der Waals surface area contributed by atoms with E-state index in [1.54, 1.807) is 6.33 Å². The molecule has 5 nitrogen and oxygen atoms in total. The van der Waals surface area contributed by atoms with Crippen LogP contribution in [-0.2, 0) is 0 Å². The van der Waals surface area contributed by atoms with Crippen molar-refractivity contribution < 1.29 is 0 Å². The summed E-state index contributed by atoms with van der Waals surface area (Å²) in [6.45, 7) is 9.40. The summed E-state index contributed by atoms with van der Waals surface area (Å²) in [5, 5.41) is 9.65. The van der Waals surface area contributed by atoms with Gasteiger partial charge >= 0.3 is 0 Å². The van der Waals surface area contributed by atoms with Gasteiger partial charge in [0.2, 0.25) is 0 Å². The molecule has 1 rings (SSSR count). The molecule has 0 bridgehead atoms. The average molecular weight is 251 g/mol. The van der Waals surface area contributed by atoms with Crippen molar-refractivity contribution >= 4 is 11.6 Å². The van der Waals surface area contributed by atoms with Gasteiger partial charge in [-0.2, -0.15) is 0 Å². The molecule has 0 amide bonds. The van der Waals surface area contributed by atoms with Crippen molar-refractivity contribution in [2.75, 3.05) is 37.3 Å². The lowest BCUT2D eigenvalue weighted by atomic mass is 9.92. The highest BCUT2D eigenvalue weighted by atomic mass is 15.1. The number of likely N-dealkylation sites (N-methyl/N-ethyl adjacent to an activating group) is 1. The van der Waals surface area contributed by atoms with Gasteiger partial charge in [-0.3, -0.25) is 0 Å². The molecule has 0 aliphatic carbocycles. The van der Waals surface area contributed by atoms with E-state index >= 15 is 0 Å². The molecule has 0 aromatic carbocycles. The van der Waals surface area contributed by atoms with E-state index < -0.39 is 0 Å². The SMILES string of the molecule is CNCCNc1cc(NCCC(C)(C)C)ncn1. The molecule has 3 N–H and O–H groups in total. The molecule has 0 unspecified atom stereocenters. The van der Waals surface area contributed by atoms with Crippen molar-refractivity contribution in [1.82, 2.24) is 15.3 Å². The van der Waals surface area contributed by atoms with Gasteiger partial charge in [-0.1, -0.05) is 20.8 Å². The number of hydrogen-bond acceptors (Lipinski definition) is 5. The van der Waals surface area contributed by atoms with Gasteiger partial charge in [0.05, 0.1) is 0 Å². The molecule has 0 spiro atoms. The van der Waals surface area contributed by atoms with E-state index in [4.69, 9.17) is 0 Å². The third kappa shape index (κ3) is 6.39. The number of nitrogens with one attached hydrogen (secondary N) is 3. The summed E-state index contributed by atoms with van der Waals surface area (Å²) >= 11 is 0. The van der Waals surface area contributed by atoms with Crippen molar-refractivity contribution in [3.63, 3.8) is 0 Å². The first-order valence-corrected chi connectivity index (χ1v) is 6.46. The van der Waals surface area contributed by atoms with Gasteiger partial charge in [0, 0.05) is 25.7 Å². The summed E-state index contributed by atoms with van der Waals surface area (Å²) < 4.78 is 0. The number of hydrogen-bond donors (Lipinski definition) is 3. The van der Waals surface area contributed by atoms with Crippen molar-refractivity contribution in [1.29, 1.82) is 0 Å². The van der Waals surface area contributed by atoms with Crippen LogP contribution >= 0.6 is 0 Å². The Morgan fingerprint density at radius 2 is 1.61 bits per heavy atom. The maximum Gasteiger partial charge on any atom is 0.131 e. The molecule has 0 aliphatic heterocycles. The Kier molecular flexibility index (Phi) is 5.85. The minimum atomic E-state index is 0.341. The molecule has 1 aromatic heterocycles. The highest BCUT2D eigenvalue weighted by Crippen LogP contribution is 2.18. The Bertz CT molecular complexity index is 345. The Labute approximate surface area is 110 Å². The number of anilines is 2. The van der Waals surface area contributed by atoms with Crippen LogP contribution in [0.4, 0.5) is 11.6 Å². The number of aromatic nitrogens is 2. The largest absolute Gasteiger partial charge is 0.370 e. The maximum atomic E-state index is 4.21. The van der Waals surface area contributed by atoms with Gasteiger partial charge in [-0.25, -0.2) is 9.97 Å². The van der Waals surface area contributed by atoms with Crippen molar-refractivity contribution in [2.24, 2.45) is 5.41 Å². The smallest absolute Gasteiger partial charge is 0.131 e. The third-order valence-corrected chi connectivity index (χ3v) is 2.53. The fourth-order valence-electron chi connectivity index (χ4n) is 1.43. The zero-order valence-electron chi connectivity index (χ0n) is 11.9. The highest BCUT2D eigenvalue weighted by Gasteiger charge is 2.09. The Morgan fingerprint density at radius 1 is 1.00 bits per heavy atom. The lowest BCUT2D eigenvalue weighted by Crippen LogP contribution is -2.18. The minimum Gasteiger partial charge on any atom is -0.370 e. The molecule has 1 heterocycles. The summed E-state index contributed by atoms with van der Waals surface area (Å²) in [5.41, 5.74) is 0.341. The Hall–Kier alpha value is -1.36. The second-order valence-electron chi connectivity index (χ2n) is 5.56. The summed E-state index contributed by atoms with van der Waals surface area (Å²) in [5.74, 6) is 1.74. The molecule has 0 fully saturated rings. The van der Waals surface area contributed by atoms with Crippen LogP contribution in [0.15, 0.2) is 12.4 Å². The summed E-state index contributed by atoms with van der Waals surface area (Å²) in [6.07, 6.45) is 2.70. The molecule has 0 aliphatic rings. The van der Waals surface area contributed by atoms with E-state index in [9.17, 15) is 0 Å². The van der Waals surface area contributed by atoms with E-state index in [-0.39, 0.29) is 0 Å². The van der Waals surface area contributed by atoms with E-state index in [0.29, 0.717) is 5.41 Å². The molecule has 1 aromatic rings. The topological polar surface area (TPSA) is 61.9 Å². The van der Waals surface area contributed by atoms with Gasteiger partial charge in [-0.15, -0.1) is 0 Å². The van der Waals surface area contributed by atoms with E-state index in [1.807, 2.05) is 13.1 Å². The second kappa shape index (κ2) is 7.16. The van der Waals surface area contributed by atoms with Gasteiger partial charge in [0.25, 0.3) is 0 Å². The molecular formula is C13H25N5. The lowest BCUT2D eigenvalue weighted by Gasteiger charge is -2.18. The predicted octanol–water partition coefficient (Wildman–Crippen LogP) is 1.96. The van der Waals surface area contributed by atoms with Crippen LogP contribution in [0.2, 0.25) is 0 Å². The van der Waals surface area contributed by atoms with E-state index in [0.717, 1.165) is 37.7 Å². The summed E-state index contributed by atoms with van der Waals surface area (Å²) in [7, 11) is 1.93. The summed E-state index contributed by atoms with van der Waals surface area (Å²) in [4.78, 5) is 8.39. The van der Waals surface area contributed by atoms with Gasteiger partial charge < -0.3 is 16.0 Å². The van der Waals surface area contributed by atoms with Gasteiger partial charge in [0.1, 0.15) is 18.0 Å². The molecule has 0 radical (unpaired) electrons. The molecule has 0 saturated heterocycles. The van der Waals surface area contributed by atoms with Crippen LogP contribution in [0.3, 0.4) is 0 Å². The quantitative estimate of drug-likeness (QED) is 0.647. The zero-order valence-corrected chi connectivity index (χ0v) is 11.9. The van der Waals surface area contributed by atoms with Crippen LogP contribution in [0.1, 0.15) is 27.2 Å². The summed E-state index contributed by atoms with van der Waals surface area (Å²) in [6, 6.07) is 1.94. The first-order valence-electron chi connectivity index (χ1n) is 6.46. The standard InChI is InChI=1S/C13H25N5/c1-13(2,3)5-6-15-11-9-12(18-10-17-11)16-8-7-14-4/h9-10,14H,5-8H2,1-4H3,(H2,15,16,17,18). The molecule has 5 heteroatoms. The van der Waals surface area contributed by atoms with Crippen LogP contribution in [0.25, 0.3) is 0 Å². The van der Waals surface area contributed by atoms with Gasteiger partial charge in [0.15, 0.2) is 0 Å². The van der Waals surface area contributed by atoms with E-state index in [2.05, 4.69) is 46.7 Å². The van der Waals surface area contributed by atoms with Crippen molar-refractivity contribution in [2.45, 2.75) is 27.2 Å². The maximum absolute atomic E-state index is 4.21. The number of nitrogens with zero attached hydrogens (tertiary/aromatic N) is 2. The average Bonchev–Trinajstić information content (AvgIpc) is 2.28. The van der Waals surface area contributed by atoms with Crippen LogP contribution < -0.4 is 16.0 Å². The number of rotatable bonds is 7. The van der Waals surface area contributed by atoms with Crippen LogP contribution in [-0.4, -0.2) is 36.6 Å². The highest BCUT2D eigenvalue weighted by molar-refractivity contribution is 5.46. The fraction of sp³-hybridized carbons (Fsp3) is 0.692. The second-order valence-corrected chi connectivity index (χ2v) is 5.56. The first kappa shape index (κ1) is 14.7. The predicted molar refractivity (Wildman–Crippen MR) is 77.0 cm³/mol. The lowest BCUT2D eigenvalue weighted by molar-refractivity contribution is 0.389. The first-order chi connectivity index (χ1) is 8.51. The molecule has 0 saturated carbocycles. The minimum absolute atomic E-state index is 0.341. The van der Waals surface area contributed by atoms with Crippen LogP contribution in [0, 0.1) is 5.41 Å². The third-order valence-electron chi connectivity index (χ3n) is 2.53. The van der Waals surface area contributed by atoms with Crippen molar-refractivity contribution in [3.8, 4) is 0 Å². The molecular weight excluding hydrogens is 226 g/mol. The zero-order chi connectivity index (χ0) is 13.4. The van der Waals surface area contributed by atoms with Gasteiger partial charge in [-0.05, 0) is 18.9 Å². The Balaban J connectivity index is 2.39. The van der Waals surface area contributed by atoms with E-state index in [1.165, 1.54) is 0 Å². The van der Waals surface area contributed by atoms with Crippen molar-refractivity contribution in [3.05, 3.63) is 12.4 Å². The normalized spacial score (nSPS) is 11.3.